The first-order chi connectivity index (χ1) is 11.2. The van der Waals surface area contributed by atoms with Crippen LogP contribution < -0.4 is 10.2 Å². The van der Waals surface area contributed by atoms with Crippen LogP contribution in [0.15, 0.2) is 30.3 Å². The van der Waals surface area contributed by atoms with E-state index in [9.17, 15) is 4.79 Å². The third-order valence-electron chi connectivity index (χ3n) is 4.99. The van der Waals surface area contributed by atoms with E-state index >= 15 is 0 Å². The number of para-hydroxylation sites is 1. The molecule has 1 aromatic carbocycles. The number of nitrogens with zero attached hydrogens (tertiary/aromatic N) is 2. The summed E-state index contributed by atoms with van der Waals surface area (Å²) in [5, 5.41) is 3.13. The average molecular weight is 317 g/mol. The molecule has 1 amide bonds. The van der Waals surface area contributed by atoms with Crippen LogP contribution in [0.4, 0.5) is 5.69 Å². The average Bonchev–Trinajstić information content (AvgIpc) is 2.61. The predicted octanol–water partition coefficient (Wildman–Crippen LogP) is 2.75. The summed E-state index contributed by atoms with van der Waals surface area (Å²) in [5.41, 5.74) is 1.31. The van der Waals surface area contributed by atoms with Gasteiger partial charge >= 0.3 is 0 Å². The normalized spacial score (nSPS) is 17.3. The zero-order valence-corrected chi connectivity index (χ0v) is 14.8. The van der Waals surface area contributed by atoms with Crippen LogP contribution in [-0.2, 0) is 4.79 Å². The molecule has 23 heavy (non-hydrogen) atoms. The minimum absolute atomic E-state index is 0.164. The van der Waals surface area contributed by atoms with Gasteiger partial charge in [0.1, 0.15) is 0 Å². The molecule has 2 rings (SSSR count). The SMILES string of the molecule is CCC(CC)C(=O)NCC(C)N1CCN(c2ccccc2)CC1. The number of hydrogen-bond acceptors (Lipinski definition) is 3. The smallest absolute Gasteiger partial charge is 0.223 e. The number of nitrogens with one attached hydrogen (secondary N) is 1. The van der Waals surface area contributed by atoms with Crippen molar-refractivity contribution in [2.75, 3.05) is 37.6 Å². The summed E-state index contributed by atoms with van der Waals surface area (Å²) in [6.07, 6.45) is 1.85. The van der Waals surface area contributed by atoms with E-state index in [1.807, 2.05) is 0 Å². The summed E-state index contributed by atoms with van der Waals surface area (Å²) in [6, 6.07) is 11.0. The van der Waals surface area contributed by atoms with E-state index in [0.717, 1.165) is 45.6 Å². The Labute approximate surface area is 140 Å². The van der Waals surface area contributed by atoms with Crippen molar-refractivity contribution in [1.82, 2.24) is 10.2 Å². The molecule has 0 saturated carbocycles. The number of carbonyl (C=O) groups excluding carboxylic acids is 1. The quantitative estimate of drug-likeness (QED) is 0.840. The molecule has 1 aliphatic rings. The zero-order valence-electron chi connectivity index (χ0n) is 14.8. The molecule has 1 fully saturated rings. The molecule has 128 valence electrons. The second kappa shape index (κ2) is 8.92. The van der Waals surface area contributed by atoms with Gasteiger partial charge in [-0.15, -0.1) is 0 Å². The minimum atomic E-state index is 0.164. The van der Waals surface area contributed by atoms with Gasteiger partial charge in [0.15, 0.2) is 0 Å². The Morgan fingerprint density at radius 2 is 1.70 bits per heavy atom. The number of anilines is 1. The molecule has 1 aromatic rings. The molecule has 1 unspecified atom stereocenters. The fraction of sp³-hybridized carbons (Fsp3) is 0.632. The van der Waals surface area contributed by atoms with Crippen molar-refractivity contribution < 1.29 is 4.79 Å². The Balaban J connectivity index is 1.75. The first-order valence-electron chi connectivity index (χ1n) is 8.97. The van der Waals surface area contributed by atoms with Crippen molar-refractivity contribution in [3.05, 3.63) is 30.3 Å². The minimum Gasteiger partial charge on any atom is -0.369 e. The Kier molecular flexibility index (Phi) is 6.90. The van der Waals surface area contributed by atoms with Gasteiger partial charge in [0.2, 0.25) is 5.91 Å². The lowest BCUT2D eigenvalue weighted by molar-refractivity contribution is -0.125. The monoisotopic (exact) mass is 317 g/mol. The van der Waals surface area contributed by atoms with Crippen molar-refractivity contribution >= 4 is 11.6 Å². The van der Waals surface area contributed by atoms with Crippen molar-refractivity contribution in [2.24, 2.45) is 5.92 Å². The third kappa shape index (κ3) is 4.96. The molecule has 1 aliphatic heterocycles. The molecule has 1 atom stereocenters. The van der Waals surface area contributed by atoms with Gasteiger partial charge < -0.3 is 10.2 Å². The van der Waals surface area contributed by atoms with Gasteiger partial charge in [-0.25, -0.2) is 0 Å². The predicted molar refractivity (Wildman–Crippen MR) is 96.8 cm³/mol. The molecular formula is C19H31N3O. The van der Waals surface area contributed by atoms with Crippen LogP contribution in [0, 0.1) is 5.92 Å². The lowest BCUT2D eigenvalue weighted by atomic mass is 10.0. The van der Waals surface area contributed by atoms with E-state index in [-0.39, 0.29) is 11.8 Å². The van der Waals surface area contributed by atoms with Crippen molar-refractivity contribution in [2.45, 2.75) is 39.7 Å². The van der Waals surface area contributed by atoms with E-state index in [4.69, 9.17) is 0 Å². The Hall–Kier alpha value is -1.55. The highest BCUT2D eigenvalue weighted by atomic mass is 16.1. The molecule has 4 heteroatoms. The van der Waals surface area contributed by atoms with E-state index in [2.05, 4.69) is 66.2 Å². The van der Waals surface area contributed by atoms with Crippen LogP contribution in [0.1, 0.15) is 33.6 Å². The summed E-state index contributed by atoms with van der Waals surface area (Å²) in [4.78, 5) is 17.0. The molecule has 1 heterocycles. The molecule has 0 bridgehead atoms. The number of piperazine rings is 1. The molecular weight excluding hydrogens is 286 g/mol. The van der Waals surface area contributed by atoms with E-state index in [1.54, 1.807) is 0 Å². The molecule has 0 spiro atoms. The van der Waals surface area contributed by atoms with Gasteiger partial charge in [0.25, 0.3) is 0 Å². The fourth-order valence-electron chi connectivity index (χ4n) is 3.24. The maximum Gasteiger partial charge on any atom is 0.223 e. The van der Waals surface area contributed by atoms with Crippen LogP contribution in [0.25, 0.3) is 0 Å². The van der Waals surface area contributed by atoms with Crippen LogP contribution >= 0.6 is 0 Å². The van der Waals surface area contributed by atoms with Gasteiger partial charge in [-0.05, 0) is 31.9 Å². The highest BCUT2D eigenvalue weighted by Gasteiger charge is 2.22. The summed E-state index contributed by atoms with van der Waals surface area (Å²) in [5.74, 6) is 0.377. The van der Waals surface area contributed by atoms with Crippen LogP contribution in [0.2, 0.25) is 0 Å². The Morgan fingerprint density at radius 1 is 1.09 bits per heavy atom. The highest BCUT2D eigenvalue weighted by Crippen LogP contribution is 2.16. The highest BCUT2D eigenvalue weighted by molar-refractivity contribution is 5.78. The second-order valence-electron chi connectivity index (χ2n) is 6.47. The van der Waals surface area contributed by atoms with E-state index < -0.39 is 0 Å². The molecule has 4 nitrogen and oxygen atoms in total. The lowest BCUT2D eigenvalue weighted by Crippen LogP contribution is -2.52. The lowest BCUT2D eigenvalue weighted by Gasteiger charge is -2.39. The molecule has 0 aliphatic carbocycles. The van der Waals surface area contributed by atoms with Gasteiger partial charge in [-0.1, -0.05) is 32.0 Å². The topological polar surface area (TPSA) is 35.6 Å². The summed E-state index contributed by atoms with van der Waals surface area (Å²) in [7, 11) is 0. The Bertz CT molecular complexity index is 465. The fourth-order valence-corrected chi connectivity index (χ4v) is 3.24. The maximum absolute atomic E-state index is 12.1. The van der Waals surface area contributed by atoms with E-state index in [1.165, 1.54) is 5.69 Å². The van der Waals surface area contributed by atoms with Crippen molar-refractivity contribution in [1.29, 1.82) is 0 Å². The summed E-state index contributed by atoms with van der Waals surface area (Å²) in [6.45, 7) is 11.3. The zero-order chi connectivity index (χ0) is 16.7. The number of hydrogen-bond donors (Lipinski definition) is 1. The van der Waals surface area contributed by atoms with E-state index in [0.29, 0.717) is 6.04 Å². The van der Waals surface area contributed by atoms with Gasteiger partial charge in [0.05, 0.1) is 0 Å². The van der Waals surface area contributed by atoms with Crippen LogP contribution in [0.5, 0.6) is 0 Å². The third-order valence-corrected chi connectivity index (χ3v) is 4.99. The van der Waals surface area contributed by atoms with Gasteiger partial charge in [-0.2, -0.15) is 0 Å². The number of rotatable bonds is 7. The van der Waals surface area contributed by atoms with Gasteiger partial charge in [0, 0.05) is 50.4 Å². The first kappa shape index (κ1) is 17.8. The first-order valence-corrected chi connectivity index (χ1v) is 8.97. The van der Waals surface area contributed by atoms with Crippen LogP contribution in [0.3, 0.4) is 0 Å². The van der Waals surface area contributed by atoms with Gasteiger partial charge in [-0.3, -0.25) is 9.69 Å². The number of amides is 1. The van der Waals surface area contributed by atoms with Crippen molar-refractivity contribution in [3.8, 4) is 0 Å². The summed E-state index contributed by atoms with van der Waals surface area (Å²) >= 11 is 0. The number of carbonyl (C=O) groups is 1. The largest absolute Gasteiger partial charge is 0.369 e. The Morgan fingerprint density at radius 3 is 2.26 bits per heavy atom. The second-order valence-corrected chi connectivity index (χ2v) is 6.47. The number of benzene rings is 1. The molecule has 0 aromatic heterocycles. The standard InChI is InChI=1S/C19H31N3O/c1-4-17(5-2)19(23)20-15-16(3)21-11-13-22(14-12-21)18-9-7-6-8-10-18/h6-10,16-17H,4-5,11-15H2,1-3H3,(H,20,23). The summed E-state index contributed by atoms with van der Waals surface area (Å²) < 4.78 is 0. The maximum atomic E-state index is 12.1. The molecule has 1 saturated heterocycles. The van der Waals surface area contributed by atoms with Crippen LogP contribution in [-0.4, -0.2) is 49.6 Å². The molecule has 1 N–H and O–H groups in total. The van der Waals surface area contributed by atoms with Crippen molar-refractivity contribution in [3.63, 3.8) is 0 Å². The molecule has 0 radical (unpaired) electrons.